The molecule has 0 saturated carbocycles. The molecule has 3 rings (SSSR count). The van der Waals surface area contributed by atoms with Crippen molar-refractivity contribution in [1.82, 2.24) is 9.62 Å². The molecule has 164 valence electrons. The number of carbonyl (C=O) groups excluding carboxylic acids is 1. The Hall–Kier alpha value is -2.17. The quantitative estimate of drug-likeness (QED) is 0.654. The lowest BCUT2D eigenvalue weighted by molar-refractivity contribution is -0.121. The summed E-state index contributed by atoms with van der Waals surface area (Å²) in [6, 6.07) is 11.5. The molecular formula is C20H26N2O6S2. The Balaban J connectivity index is 1.67. The lowest BCUT2D eigenvalue weighted by atomic mass is 10.1. The van der Waals surface area contributed by atoms with Crippen molar-refractivity contribution < 1.29 is 26.0 Å². The maximum absolute atomic E-state index is 12.7. The average molecular weight is 455 g/mol. The molecule has 0 radical (unpaired) electrons. The summed E-state index contributed by atoms with van der Waals surface area (Å²) in [5.74, 6) is -1.19. The van der Waals surface area contributed by atoms with Crippen LogP contribution in [0.2, 0.25) is 0 Å². The van der Waals surface area contributed by atoms with Gasteiger partial charge in [-0.05, 0) is 44.4 Å². The SMILES string of the molecule is C[C@@H](NC(=O)[C@H](C)S(=O)(=O)Cc1ccc(S(=O)(=O)N2CCCC2)o1)c1ccccc1. The minimum Gasteiger partial charge on any atom is -0.447 e. The lowest BCUT2D eigenvalue weighted by Gasteiger charge is -2.18. The summed E-state index contributed by atoms with van der Waals surface area (Å²) >= 11 is 0. The summed E-state index contributed by atoms with van der Waals surface area (Å²) in [5.41, 5.74) is 0.859. The number of hydrogen-bond acceptors (Lipinski definition) is 6. The third kappa shape index (κ3) is 4.93. The molecule has 1 aromatic heterocycles. The Morgan fingerprint density at radius 3 is 2.30 bits per heavy atom. The highest BCUT2D eigenvalue weighted by Gasteiger charge is 2.33. The molecule has 0 bridgehead atoms. The molecule has 1 aliphatic heterocycles. The van der Waals surface area contributed by atoms with E-state index < -0.39 is 36.8 Å². The van der Waals surface area contributed by atoms with Crippen LogP contribution < -0.4 is 5.32 Å². The first-order valence-corrected chi connectivity index (χ1v) is 12.9. The number of sulfone groups is 1. The number of carbonyl (C=O) groups is 1. The van der Waals surface area contributed by atoms with Crippen molar-refractivity contribution in [2.24, 2.45) is 0 Å². The normalized spacial score (nSPS) is 17.5. The molecule has 2 heterocycles. The highest BCUT2D eigenvalue weighted by molar-refractivity contribution is 7.92. The van der Waals surface area contributed by atoms with Crippen molar-refractivity contribution in [3.8, 4) is 0 Å². The van der Waals surface area contributed by atoms with Crippen molar-refractivity contribution in [2.75, 3.05) is 13.1 Å². The highest BCUT2D eigenvalue weighted by atomic mass is 32.2. The van der Waals surface area contributed by atoms with E-state index in [2.05, 4.69) is 5.32 Å². The van der Waals surface area contributed by atoms with Crippen LogP contribution in [0, 0.1) is 0 Å². The van der Waals surface area contributed by atoms with Crippen LogP contribution in [-0.4, -0.2) is 45.4 Å². The summed E-state index contributed by atoms with van der Waals surface area (Å²) in [6.07, 6.45) is 1.57. The molecule has 0 aliphatic carbocycles. The topological polar surface area (TPSA) is 114 Å². The van der Waals surface area contributed by atoms with Gasteiger partial charge in [-0.1, -0.05) is 30.3 Å². The van der Waals surface area contributed by atoms with Crippen LogP contribution in [0.3, 0.4) is 0 Å². The maximum atomic E-state index is 12.7. The van der Waals surface area contributed by atoms with E-state index >= 15 is 0 Å². The number of furan rings is 1. The molecule has 10 heteroatoms. The Bertz CT molecular complexity index is 1090. The summed E-state index contributed by atoms with van der Waals surface area (Å²) in [6.45, 7) is 3.93. The third-order valence-electron chi connectivity index (χ3n) is 5.21. The van der Waals surface area contributed by atoms with Crippen LogP contribution in [0.25, 0.3) is 0 Å². The zero-order chi connectivity index (χ0) is 21.9. The van der Waals surface area contributed by atoms with Gasteiger partial charge in [-0.25, -0.2) is 16.8 Å². The van der Waals surface area contributed by atoms with E-state index in [1.165, 1.54) is 23.4 Å². The van der Waals surface area contributed by atoms with E-state index in [-0.39, 0.29) is 16.9 Å². The van der Waals surface area contributed by atoms with E-state index in [1.807, 2.05) is 30.3 Å². The number of rotatable bonds is 8. The Kier molecular flexibility index (Phi) is 6.68. The monoisotopic (exact) mass is 454 g/mol. The molecular weight excluding hydrogens is 428 g/mol. The molecule has 1 N–H and O–H groups in total. The smallest absolute Gasteiger partial charge is 0.276 e. The van der Waals surface area contributed by atoms with Gasteiger partial charge >= 0.3 is 0 Å². The number of nitrogens with one attached hydrogen (secondary N) is 1. The fourth-order valence-electron chi connectivity index (χ4n) is 3.27. The van der Waals surface area contributed by atoms with Gasteiger partial charge in [-0.15, -0.1) is 0 Å². The van der Waals surface area contributed by atoms with Gasteiger partial charge in [-0.3, -0.25) is 4.79 Å². The van der Waals surface area contributed by atoms with Crippen molar-refractivity contribution >= 4 is 25.8 Å². The van der Waals surface area contributed by atoms with E-state index in [9.17, 15) is 21.6 Å². The fourth-order valence-corrected chi connectivity index (χ4v) is 5.91. The van der Waals surface area contributed by atoms with Crippen LogP contribution >= 0.6 is 0 Å². The van der Waals surface area contributed by atoms with Gasteiger partial charge < -0.3 is 9.73 Å². The molecule has 1 saturated heterocycles. The second kappa shape index (κ2) is 8.91. The molecule has 1 fully saturated rings. The molecule has 1 amide bonds. The minimum absolute atomic E-state index is 0.0106. The van der Waals surface area contributed by atoms with Gasteiger partial charge in [-0.2, -0.15) is 4.31 Å². The van der Waals surface area contributed by atoms with Crippen molar-refractivity contribution in [1.29, 1.82) is 0 Å². The fraction of sp³-hybridized carbons (Fsp3) is 0.450. The zero-order valence-electron chi connectivity index (χ0n) is 16.9. The molecule has 8 nitrogen and oxygen atoms in total. The van der Waals surface area contributed by atoms with Crippen LogP contribution in [0.15, 0.2) is 52.0 Å². The van der Waals surface area contributed by atoms with Gasteiger partial charge in [0.15, 0.2) is 9.84 Å². The first-order chi connectivity index (χ1) is 14.1. The first kappa shape index (κ1) is 22.5. The first-order valence-electron chi connectivity index (χ1n) is 9.77. The Morgan fingerprint density at radius 2 is 1.67 bits per heavy atom. The number of sulfonamides is 1. The minimum atomic E-state index is -3.91. The van der Waals surface area contributed by atoms with Gasteiger partial charge in [0.2, 0.25) is 11.0 Å². The van der Waals surface area contributed by atoms with Crippen molar-refractivity contribution in [2.45, 2.75) is 48.8 Å². The van der Waals surface area contributed by atoms with Crippen LogP contribution in [0.1, 0.15) is 44.1 Å². The van der Waals surface area contributed by atoms with E-state index in [0.29, 0.717) is 13.1 Å². The number of hydrogen-bond donors (Lipinski definition) is 1. The average Bonchev–Trinajstić information content (AvgIpc) is 3.40. The van der Waals surface area contributed by atoms with Crippen LogP contribution in [0.5, 0.6) is 0 Å². The predicted molar refractivity (Wildman–Crippen MR) is 112 cm³/mol. The third-order valence-corrected chi connectivity index (χ3v) is 8.96. The standard InChI is InChI=1S/C20H26N2O6S2/c1-15(17-8-4-3-5-9-17)21-20(23)16(2)29(24,25)14-18-10-11-19(28-18)30(26,27)22-12-6-7-13-22/h3-5,8-11,15-16H,6-7,12-14H2,1-2H3,(H,21,23)/t15-,16+/m1/s1. The van der Waals surface area contributed by atoms with E-state index in [4.69, 9.17) is 4.42 Å². The van der Waals surface area contributed by atoms with Crippen LogP contribution in [0.4, 0.5) is 0 Å². The lowest BCUT2D eigenvalue weighted by Crippen LogP contribution is -2.39. The highest BCUT2D eigenvalue weighted by Crippen LogP contribution is 2.24. The number of benzene rings is 1. The second-order valence-corrected chi connectivity index (χ2v) is 11.6. The van der Waals surface area contributed by atoms with Crippen molar-refractivity contribution in [3.05, 3.63) is 53.8 Å². The molecule has 30 heavy (non-hydrogen) atoms. The molecule has 1 aromatic carbocycles. The van der Waals surface area contributed by atoms with E-state index in [0.717, 1.165) is 18.4 Å². The summed E-state index contributed by atoms with van der Waals surface area (Å²) in [7, 11) is -7.67. The second-order valence-electron chi connectivity index (χ2n) is 7.42. The van der Waals surface area contributed by atoms with Gasteiger partial charge in [0.1, 0.15) is 16.8 Å². The predicted octanol–water partition coefficient (Wildman–Crippen LogP) is 2.24. The molecule has 0 spiro atoms. The van der Waals surface area contributed by atoms with Crippen molar-refractivity contribution in [3.63, 3.8) is 0 Å². The van der Waals surface area contributed by atoms with Gasteiger partial charge in [0, 0.05) is 13.1 Å². The number of nitrogens with zero attached hydrogens (tertiary/aromatic N) is 1. The Labute approximate surface area is 177 Å². The van der Waals surface area contributed by atoms with Gasteiger partial charge in [0.05, 0.1) is 6.04 Å². The molecule has 2 atom stereocenters. The zero-order valence-corrected chi connectivity index (χ0v) is 18.6. The molecule has 2 aromatic rings. The Morgan fingerprint density at radius 1 is 1.03 bits per heavy atom. The summed E-state index contributed by atoms with van der Waals surface area (Å²) in [5, 5.41) is 1.12. The molecule has 0 unspecified atom stereocenters. The summed E-state index contributed by atoms with van der Waals surface area (Å²) in [4.78, 5) is 12.5. The van der Waals surface area contributed by atoms with E-state index in [1.54, 1.807) is 6.92 Å². The summed E-state index contributed by atoms with van der Waals surface area (Å²) < 4.78 is 57.1. The van der Waals surface area contributed by atoms with Gasteiger partial charge in [0.25, 0.3) is 10.0 Å². The number of amides is 1. The van der Waals surface area contributed by atoms with Crippen LogP contribution in [-0.2, 0) is 30.4 Å². The largest absolute Gasteiger partial charge is 0.447 e. The maximum Gasteiger partial charge on any atom is 0.276 e. The molecule has 1 aliphatic rings.